The Labute approximate surface area is 113 Å². The maximum atomic E-state index is 9.35. The second-order valence-corrected chi connectivity index (χ2v) is 6.93. The first-order valence-corrected chi connectivity index (χ1v) is 7.76. The Morgan fingerprint density at radius 2 is 1.17 bits per heavy atom. The lowest BCUT2D eigenvalue weighted by atomic mass is 9.81. The fraction of sp³-hybridized carbons (Fsp3) is 1.00. The van der Waals surface area contributed by atoms with Crippen LogP contribution in [0.15, 0.2) is 0 Å². The fourth-order valence-corrected chi connectivity index (χ4v) is 3.15. The second-order valence-electron chi connectivity index (χ2n) is 6.93. The van der Waals surface area contributed by atoms with E-state index in [1.54, 1.807) is 0 Å². The summed E-state index contributed by atoms with van der Waals surface area (Å²) in [5, 5.41) is 18.6. The molecule has 0 spiro atoms. The van der Waals surface area contributed by atoms with Gasteiger partial charge in [0.25, 0.3) is 0 Å². The molecule has 0 aromatic heterocycles. The van der Waals surface area contributed by atoms with Gasteiger partial charge in [-0.15, -0.1) is 0 Å². The van der Waals surface area contributed by atoms with E-state index in [1.165, 1.54) is 25.7 Å². The third kappa shape index (κ3) is 5.27. The van der Waals surface area contributed by atoms with Gasteiger partial charge in [0.1, 0.15) is 0 Å². The molecule has 0 radical (unpaired) electrons. The lowest BCUT2D eigenvalue weighted by Crippen LogP contribution is -2.25. The summed E-state index contributed by atoms with van der Waals surface area (Å²) in [6, 6.07) is 0. The molecule has 6 atom stereocenters. The Morgan fingerprint density at radius 1 is 0.611 bits per heavy atom. The van der Waals surface area contributed by atoms with Crippen LogP contribution in [0.3, 0.4) is 0 Å². The fourth-order valence-electron chi connectivity index (χ4n) is 3.15. The highest BCUT2D eigenvalue weighted by molar-refractivity contribution is 4.75. The topological polar surface area (TPSA) is 40.5 Å². The average Bonchev–Trinajstić information content (AvgIpc) is 2.30. The molecule has 0 aromatic rings. The third-order valence-corrected chi connectivity index (χ3v) is 4.80. The standard InChI is InChI=1S/2C8H16O/c1-6-3-4-8(9)7(2)5-6;1-6-3-4-7(2)8(9)5-6/h2*6-9H,3-5H2,1-2H3/t6-,7-,8?;6-,7+,8?/m00/s1. The molecule has 0 bridgehead atoms. The molecule has 18 heavy (non-hydrogen) atoms. The van der Waals surface area contributed by atoms with E-state index in [9.17, 15) is 10.2 Å². The van der Waals surface area contributed by atoms with Gasteiger partial charge in [-0.3, -0.25) is 0 Å². The van der Waals surface area contributed by atoms with Crippen molar-refractivity contribution in [3.05, 3.63) is 0 Å². The average molecular weight is 256 g/mol. The summed E-state index contributed by atoms with van der Waals surface area (Å²) in [5.74, 6) is 2.66. The van der Waals surface area contributed by atoms with Crippen LogP contribution in [-0.2, 0) is 0 Å². The summed E-state index contributed by atoms with van der Waals surface area (Å²) in [6.07, 6.45) is 6.94. The van der Waals surface area contributed by atoms with Gasteiger partial charge in [-0.1, -0.05) is 34.1 Å². The van der Waals surface area contributed by atoms with E-state index in [2.05, 4.69) is 27.7 Å². The molecule has 2 N–H and O–H groups in total. The van der Waals surface area contributed by atoms with Crippen molar-refractivity contribution in [2.45, 2.75) is 78.4 Å². The third-order valence-electron chi connectivity index (χ3n) is 4.80. The van der Waals surface area contributed by atoms with E-state index < -0.39 is 0 Å². The molecule has 2 saturated carbocycles. The minimum absolute atomic E-state index is 0.0128. The lowest BCUT2D eigenvalue weighted by Gasteiger charge is -2.28. The van der Waals surface area contributed by atoms with Crippen molar-refractivity contribution in [3.63, 3.8) is 0 Å². The molecule has 2 aliphatic rings. The minimum Gasteiger partial charge on any atom is -0.393 e. The number of hydrogen-bond donors (Lipinski definition) is 2. The monoisotopic (exact) mass is 256 g/mol. The highest BCUT2D eigenvalue weighted by Crippen LogP contribution is 2.28. The molecule has 0 heterocycles. The van der Waals surface area contributed by atoms with Gasteiger partial charge >= 0.3 is 0 Å². The summed E-state index contributed by atoms with van der Waals surface area (Å²) in [6.45, 7) is 8.76. The highest BCUT2D eigenvalue weighted by Gasteiger charge is 2.23. The van der Waals surface area contributed by atoms with Crippen molar-refractivity contribution < 1.29 is 10.2 Å². The van der Waals surface area contributed by atoms with Crippen LogP contribution >= 0.6 is 0 Å². The summed E-state index contributed by atoms with van der Waals surface area (Å²) < 4.78 is 0. The SMILES string of the molecule is C[C@H]1CCC(O)[C@@H](C)C1.C[C@H]1CC[C@@H](C)C(O)C1. The van der Waals surface area contributed by atoms with Gasteiger partial charge in [-0.25, -0.2) is 0 Å². The molecule has 2 unspecified atom stereocenters. The number of aliphatic hydroxyl groups excluding tert-OH is 2. The van der Waals surface area contributed by atoms with Crippen molar-refractivity contribution in [3.8, 4) is 0 Å². The van der Waals surface area contributed by atoms with Gasteiger partial charge in [-0.05, 0) is 55.8 Å². The predicted octanol–water partition coefficient (Wildman–Crippen LogP) is 3.61. The van der Waals surface area contributed by atoms with Crippen molar-refractivity contribution in [2.75, 3.05) is 0 Å². The summed E-state index contributed by atoms with van der Waals surface area (Å²) in [7, 11) is 0. The Balaban J connectivity index is 0.000000180. The number of aliphatic hydroxyl groups is 2. The summed E-state index contributed by atoms with van der Waals surface area (Å²) in [5.41, 5.74) is 0. The van der Waals surface area contributed by atoms with Crippen molar-refractivity contribution in [1.82, 2.24) is 0 Å². The maximum Gasteiger partial charge on any atom is 0.0568 e. The molecule has 2 aliphatic carbocycles. The molecular formula is C16H32O2. The molecule has 0 aromatic carbocycles. The molecule has 2 nitrogen and oxygen atoms in total. The molecule has 0 aliphatic heterocycles. The van der Waals surface area contributed by atoms with E-state index in [1.807, 2.05) is 0 Å². The zero-order chi connectivity index (χ0) is 13.7. The molecule has 2 heteroatoms. The molecule has 108 valence electrons. The first-order valence-electron chi connectivity index (χ1n) is 7.76. The van der Waals surface area contributed by atoms with Crippen LogP contribution in [0.5, 0.6) is 0 Å². The number of hydrogen-bond acceptors (Lipinski definition) is 2. The zero-order valence-corrected chi connectivity index (χ0v) is 12.6. The first kappa shape index (κ1) is 16.0. The van der Waals surface area contributed by atoms with Crippen molar-refractivity contribution >= 4 is 0 Å². The first-order chi connectivity index (χ1) is 8.40. The van der Waals surface area contributed by atoms with Gasteiger partial charge in [0.05, 0.1) is 12.2 Å². The minimum atomic E-state index is -0.0197. The Hall–Kier alpha value is -0.0800. The Morgan fingerprint density at radius 3 is 1.61 bits per heavy atom. The van der Waals surface area contributed by atoms with Crippen LogP contribution in [0.2, 0.25) is 0 Å². The van der Waals surface area contributed by atoms with Gasteiger partial charge in [0.2, 0.25) is 0 Å². The van der Waals surface area contributed by atoms with E-state index in [4.69, 9.17) is 0 Å². The van der Waals surface area contributed by atoms with Crippen molar-refractivity contribution in [2.24, 2.45) is 23.7 Å². The Kier molecular flexibility index (Phi) is 6.65. The van der Waals surface area contributed by atoms with E-state index >= 15 is 0 Å². The van der Waals surface area contributed by atoms with Gasteiger partial charge in [-0.2, -0.15) is 0 Å². The Bertz CT molecular complexity index is 205. The molecular weight excluding hydrogens is 224 g/mol. The van der Waals surface area contributed by atoms with Gasteiger partial charge < -0.3 is 10.2 Å². The molecule has 2 fully saturated rings. The van der Waals surface area contributed by atoms with Crippen molar-refractivity contribution in [1.29, 1.82) is 0 Å². The molecule has 0 saturated heterocycles. The smallest absolute Gasteiger partial charge is 0.0568 e. The quantitative estimate of drug-likeness (QED) is 0.695. The van der Waals surface area contributed by atoms with Crippen LogP contribution in [0.25, 0.3) is 0 Å². The van der Waals surface area contributed by atoms with E-state index in [0.717, 1.165) is 24.7 Å². The highest BCUT2D eigenvalue weighted by atomic mass is 16.3. The van der Waals surface area contributed by atoms with Gasteiger partial charge in [0.15, 0.2) is 0 Å². The van der Waals surface area contributed by atoms with E-state index in [-0.39, 0.29) is 12.2 Å². The summed E-state index contributed by atoms with van der Waals surface area (Å²) >= 11 is 0. The molecule has 0 amide bonds. The van der Waals surface area contributed by atoms with Crippen LogP contribution in [0.4, 0.5) is 0 Å². The predicted molar refractivity (Wildman–Crippen MR) is 76.4 cm³/mol. The maximum absolute atomic E-state index is 9.35. The van der Waals surface area contributed by atoms with Crippen LogP contribution in [-0.4, -0.2) is 22.4 Å². The van der Waals surface area contributed by atoms with Gasteiger partial charge in [0, 0.05) is 0 Å². The van der Waals surface area contributed by atoms with E-state index in [0.29, 0.717) is 11.8 Å². The van der Waals surface area contributed by atoms with Crippen LogP contribution in [0.1, 0.15) is 66.2 Å². The largest absolute Gasteiger partial charge is 0.393 e. The lowest BCUT2D eigenvalue weighted by molar-refractivity contribution is 0.0577. The second kappa shape index (κ2) is 7.49. The zero-order valence-electron chi connectivity index (χ0n) is 12.6. The summed E-state index contributed by atoms with van der Waals surface area (Å²) in [4.78, 5) is 0. The molecule has 2 rings (SSSR count). The van der Waals surface area contributed by atoms with Crippen LogP contribution in [0, 0.1) is 23.7 Å². The van der Waals surface area contributed by atoms with Crippen LogP contribution < -0.4 is 0 Å². The number of rotatable bonds is 0. The normalized spacial score (nSPS) is 45.0.